The van der Waals surface area contributed by atoms with Crippen LogP contribution < -0.4 is 10.9 Å². The van der Waals surface area contributed by atoms with Crippen molar-refractivity contribution in [3.63, 3.8) is 0 Å². The molecule has 2 rings (SSSR count). The van der Waals surface area contributed by atoms with E-state index < -0.39 is 0 Å². The molecule has 0 radical (unpaired) electrons. The fourth-order valence-electron chi connectivity index (χ4n) is 1.64. The summed E-state index contributed by atoms with van der Waals surface area (Å²) in [6.07, 6.45) is 1.64. The fourth-order valence-corrected chi connectivity index (χ4v) is 1.64. The summed E-state index contributed by atoms with van der Waals surface area (Å²) in [4.78, 5) is 23.4. The van der Waals surface area contributed by atoms with Crippen LogP contribution >= 0.6 is 0 Å². The summed E-state index contributed by atoms with van der Waals surface area (Å²) in [5.74, 6) is -0.212. The topological polar surface area (TPSA) is 51.1 Å². The molecule has 0 spiro atoms. The van der Waals surface area contributed by atoms with Gasteiger partial charge in [-0.05, 0) is 18.2 Å². The Morgan fingerprint density at radius 2 is 1.82 bits per heavy atom. The molecule has 0 atom stereocenters. The number of amides is 1. The van der Waals surface area contributed by atoms with E-state index >= 15 is 0 Å². The highest BCUT2D eigenvalue weighted by molar-refractivity contribution is 5.97. The molecule has 0 saturated heterocycles. The van der Waals surface area contributed by atoms with Crippen molar-refractivity contribution in [2.75, 3.05) is 7.05 Å². The van der Waals surface area contributed by atoms with E-state index in [-0.39, 0.29) is 11.5 Å². The van der Waals surface area contributed by atoms with Crippen molar-refractivity contribution in [2.45, 2.75) is 0 Å². The van der Waals surface area contributed by atoms with Crippen LogP contribution in [0.1, 0.15) is 10.4 Å². The molecule has 0 bridgehead atoms. The second-order valence-electron chi connectivity index (χ2n) is 3.51. The summed E-state index contributed by atoms with van der Waals surface area (Å²) in [7, 11) is 1.56. The van der Waals surface area contributed by atoms with Crippen molar-refractivity contribution in [1.29, 1.82) is 0 Å². The highest BCUT2D eigenvalue weighted by Crippen LogP contribution is 2.12. The van der Waals surface area contributed by atoms with Gasteiger partial charge < -0.3 is 5.32 Å². The first-order valence-corrected chi connectivity index (χ1v) is 5.23. The summed E-state index contributed by atoms with van der Waals surface area (Å²) in [5, 5.41) is 2.56. The highest BCUT2D eigenvalue weighted by Gasteiger charge is 2.10. The molecular formula is C13H12N2O2. The molecule has 1 heterocycles. The number of pyridine rings is 1. The number of aromatic nitrogens is 1. The van der Waals surface area contributed by atoms with Crippen LogP contribution in [0.5, 0.6) is 0 Å². The van der Waals surface area contributed by atoms with Crippen LogP contribution in [0.2, 0.25) is 0 Å². The van der Waals surface area contributed by atoms with E-state index in [2.05, 4.69) is 5.32 Å². The minimum atomic E-state index is -0.212. The van der Waals surface area contributed by atoms with E-state index in [1.165, 1.54) is 10.6 Å². The van der Waals surface area contributed by atoms with E-state index in [0.717, 1.165) is 0 Å². The molecule has 0 aliphatic carbocycles. The molecule has 1 amide bonds. The molecule has 17 heavy (non-hydrogen) atoms. The van der Waals surface area contributed by atoms with Gasteiger partial charge in [-0.2, -0.15) is 0 Å². The smallest absolute Gasteiger partial charge is 0.255 e. The monoisotopic (exact) mass is 228 g/mol. The third kappa shape index (κ3) is 2.10. The maximum atomic E-state index is 11.7. The van der Waals surface area contributed by atoms with Crippen molar-refractivity contribution >= 4 is 5.91 Å². The van der Waals surface area contributed by atoms with Crippen LogP contribution in [0.25, 0.3) is 5.69 Å². The van der Waals surface area contributed by atoms with E-state index in [9.17, 15) is 9.59 Å². The largest absolute Gasteiger partial charge is 0.355 e. The Balaban J connectivity index is 2.64. The van der Waals surface area contributed by atoms with Crippen LogP contribution in [0.3, 0.4) is 0 Å². The quantitative estimate of drug-likeness (QED) is 0.839. The van der Waals surface area contributed by atoms with Gasteiger partial charge in [0.15, 0.2) is 0 Å². The highest BCUT2D eigenvalue weighted by atomic mass is 16.1. The molecule has 1 aromatic carbocycles. The van der Waals surface area contributed by atoms with Gasteiger partial charge in [-0.1, -0.05) is 18.2 Å². The van der Waals surface area contributed by atoms with E-state index in [1.807, 2.05) is 0 Å². The first-order chi connectivity index (χ1) is 8.24. The SMILES string of the molecule is CNC(=O)c1ccccc1-n1ccccc1=O. The Labute approximate surface area is 98.5 Å². The van der Waals surface area contributed by atoms with Crippen molar-refractivity contribution in [2.24, 2.45) is 0 Å². The molecule has 0 unspecified atom stereocenters. The maximum Gasteiger partial charge on any atom is 0.255 e. The number of nitrogens with zero attached hydrogens (tertiary/aromatic N) is 1. The number of hydrogen-bond donors (Lipinski definition) is 1. The number of hydrogen-bond acceptors (Lipinski definition) is 2. The van der Waals surface area contributed by atoms with Crippen molar-refractivity contribution in [3.8, 4) is 5.69 Å². The molecule has 1 aromatic heterocycles. The second-order valence-corrected chi connectivity index (χ2v) is 3.51. The van der Waals surface area contributed by atoms with Gasteiger partial charge in [0, 0.05) is 19.3 Å². The fraction of sp³-hybridized carbons (Fsp3) is 0.0769. The third-order valence-electron chi connectivity index (χ3n) is 2.46. The van der Waals surface area contributed by atoms with Crippen molar-refractivity contribution in [3.05, 3.63) is 64.6 Å². The Morgan fingerprint density at radius 3 is 2.53 bits per heavy atom. The molecule has 4 heteroatoms. The lowest BCUT2D eigenvalue weighted by Crippen LogP contribution is -2.23. The summed E-state index contributed by atoms with van der Waals surface area (Å²) in [6.45, 7) is 0. The number of para-hydroxylation sites is 1. The Bertz CT molecular complexity index is 602. The molecule has 2 aromatic rings. The normalized spacial score (nSPS) is 9.94. The summed E-state index contributed by atoms with van der Waals surface area (Å²) in [5.41, 5.74) is 0.893. The zero-order valence-electron chi connectivity index (χ0n) is 9.38. The van der Waals surface area contributed by atoms with Crippen LogP contribution in [-0.4, -0.2) is 17.5 Å². The van der Waals surface area contributed by atoms with Gasteiger partial charge in [-0.3, -0.25) is 14.2 Å². The molecular weight excluding hydrogens is 216 g/mol. The Morgan fingerprint density at radius 1 is 1.12 bits per heavy atom. The van der Waals surface area contributed by atoms with Gasteiger partial charge >= 0.3 is 0 Å². The van der Waals surface area contributed by atoms with Gasteiger partial charge in [0.1, 0.15) is 0 Å². The standard InChI is InChI=1S/C13H12N2O2/c1-14-13(17)10-6-2-3-7-11(10)15-9-5-4-8-12(15)16/h2-9H,1H3,(H,14,17). The first-order valence-electron chi connectivity index (χ1n) is 5.23. The zero-order valence-corrected chi connectivity index (χ0v) is 9.38. The molecule has 1 N–H and O–H groups in total. The lowest BCUT2D eigenvalue weighted by molar-refractivity contribution is 0.0963. The summed E-state index contributed by atoms with van der Waals surface area (Å²) >= 11 is 0. The van der Waals surface area contributed by atoms with Crippen LogP contribution in [-0.2, 0) is 0 Å². The van der Waals surface area contributed by atoms with Gasteiger partial charge in [0.25, 0.3) is 11.5 Å². The molecule has 4 nitrogen and oxygen atoms in total. The number of carbonyl (C=O) groups is 1. The number of nitrogens with one attached hydrogen (secondary N) is 1. The van der Waals surface area contributed by atoms with Gasteiger partial charge in [0.2, 0.25) is 0 Å². The van der Waals surface area contributed by atoms with E-state index in [1.54, 1.807) is 49.6 Å². The molecule has 0 saturated carbocycles. The summed E-state index contributed by atoms with van der Waals surface area (Å²) in [6, 6.07) is 11.9. The minimum Gasteiger partial charge on any atom is -0.355 e. The average Bonchev–Trinajstić information content (AvgIpc) is 2.38. The zero-order chi connectivity index (χ0) is 12.3. The first kappa shape index (κ1) is 11.1. The third-order valence-corrected chi connectivity index (χ3v) is 2.46. The molecule has 0 aliphatic heterocycles. The predicted octanol–water partition coefficient (Wildman–Crippen LogP) is 1.20. The van der Waals surface area contributed by atoms with E-state index in [4.69, 9.17) is 0 Å². The van der Waals surface area contributed by atoms with Gasteiger partial charge in [-0.15, -0.1) is 0 Å². The molecule has 86 valence electrons. The minimum absolute atomic E-state index is 0.163. The van der Waals surface area contributed by atoms with Crippen molar-refractivity contribution in [1.82, 2.24) is 9.88 Å². The lowest BCUT2D eigenvalue weighted by atomic mass is 10.1. The molecule has 0 fully saturated rings. The Kier molecular flexibility index (Phi) is 3.05. The van der Waals surface area contributed by atoms with Crippen molar-refractivity contribution < 1.29 is 4.79 Å². The predicted molar refractivity (Wildman–Crippen MR) is 65.4 cm³/mol. The number of rotatable bonds is 2. The lowest BCUT2D eigenvalue weighted by Gasteiger charge is -2.10. The van der Waals surface area contributed by atoms with E-state index in [0.29, 0.717) is 11.3 Å². The van der Waals surface area contributed by atoms with Gasteiger partial charge in [-0.25, -0.2) is 0 Å². The number of carbonyl (C=O) groups excluding carboxylic acids is 1. The maximum absolute atomic E-state index is 11.7. The van der Waals surface area contributed by atoms with Crippen LogP contribution in [0, 0.1) is 0 Å². The molecule has 0 aliphatic rings. The van der Waals surface area contributed by atoms with Crippen LogP contribution in [0.4, 0.5) is 0 Å². The van der Waals surface area contributed by atoms with Gasteiger partial charge in [0.05, 0.1) is 11.3 Å². The average molecular weight is 228 g/mol. The summed E-state index contributed by atoms with van der Waals surface area (Å²) < 4.78 is 1.45. The second kappa shape index (κ2) is 4.65. The number of benzene rings is 1. The Hall–Kier alpha value is -2.36. The van der Waals surface area contributed by atoms with Crippen LogP contribution in [0.15, 0.2) is 53.5 Å².